The van der Waals surface area contributed by atoms with Crippen molar-refractivity contribution in [1.29, 1.82) is 0 Å². The number of hydrogen-bond acceptors (Lipinski definition) is 5. The van der Waals surface area contributed by atoms with Crippen LogP contribution in [0.2, 0.25) is 0 Å². The summed E-state index contributed by atoms with van der Waals surface area (Å²) in [4.78, 5) is 40.7. The Hall–Kier alpha value is -3.45. The normalized spacial score (nSPS) is 24.8. The Morgan fingerprint density at radius 3 is 2.43 bits per heavy atom. The maximum absolute atomic E-state index is 13.9. The van der Waals surface area contributed by atoms with Gasteiger partial charge in [0, 0.05) is 36.2 Å². The first kappa shape index (κ1) is 25.2. The van der Waals surface area contributed by atoms with Crippen molar-refractivity contribution in [2.24, 2.45) is 17.6 Å². The van der Waals surface area contributed by atoms with Crippen LogP contribution in [0.15, 0.2) is 59.0 Å². The highest BCUT2D eigenvalue weighted by atomic mass is 16.4. The molecule has 2 heterocycles. The maximum atomic E-state index is 13.9. The number of furan rings is 1. The number of nitrogens with two attached hydrogens (primary N) is 1. The molecule has 1 unspecified atom stereocenters. The number of carbonyl (C=O) groups excluding carboxylic acids is 2. The molecule has 1 saturated heterocycles. The van der Waals surface area contributed by atoms with Gasteiger partial charge in [-0.15, -0.1) is 0 Å². The van der Waals surface area contributed by atoms with E-state index in [0.717, 1.165) is 43.2 Å². The summed E-state index contributed by atoms with van der Waals surface area (Å²) in [5.74, 6) is -0.812. The summed E-state index contributed by atoms with van der Waals surface area (Å²) in [6, 6.07) is 16.4. The number of aromatic carboxylic acids is 1. The largest absolute Gasteiger partial charge is 0.475 e. The second-order valence-electron chi connectivity index (χ2n) is 10.7. The molecule has 0 radical (unpaired) electrons. The van der Waals surface area contributed by atoms with E-state index in [1.165, 1.54) is 6.07 Å². The van der Waals surface area contributed by atoms with Gasteiger partial charge in [-0.25, -0.2) is 4.79 Å². The number of carboxylic acid groups (broad SMARTS) is 1. The van der Waals surface area contributed by atoms with E-state index in [1.807, 2.05) is 42.2 Å². The number of nitrogens with zero attached hydrogens (tertiary/aromatic N) is 1. The van der Waals surface area contributed by atoms with Gasteiger partial charge in [-0.2, -0.15) is 0 Å². The van der Waals surface area contributed by atoms with E-state index < -0.39 is 12.0 Å². The molecule has 1 amide bonds. The molecule has 0 spiro atoms. The van der Waals surface area contributed by atoms with Gasteiger partial charge in [0.1, 0.15) is 5.58 Å². The third-order valence-electron chi connectivity index (χ3n) is 8.27. The van der Waals surface area contributed by atoms with Crippen LogP contribution in [0.25, 0.3) is 11.0 Å². The molecule has 7 nitrogen and oxygen atoms in total. The average molecular weight is 503 g/mol. The average Bonchev–Trinajstić information content (AvgIpc) is 3.53. The summed E-state index contributed by atoms with van der Waals surface area (Å²) >= 11 is 0. The number of benzene rings is 2. The third-order valence-corrected chi connectivity index (χ3v) is 8.27. The number of amides is 1. The van der Waals surface area contributed by atoms with Crippen molar-refractivity contribution in [3.05, 3.63) is 71.5 Å². The zero-order chi connectivity index (χ0) is 26.1. The van der Waals surface area contributed by atoms with Gasteiger partial charge in [-0.3, -0.25) is 9.59 Å². The number of carboxylic acids is 1. The van der Waals surface area contributed by atoms with E-state index in [-0.39, 0.29) is 41.7 Å². The predicted molar refractivity (Wildman–Crippen MR) is 140 cm³/mol. The quantitative estimate of drug-likeness (QED) is 0.481. The minimum absolute atomic E-state index is 0.00488. The number of likely N-dealkylation sites (tertiary alicyclic amines) is 1. The Bertz CT molecular complexity index is 1290. The summed E-state index contributed by atoms with van der Waals surface area (Å²) in [6.45, 7) is 2.61. The van der Waals surface area contributed by atoms with Gasteiger partial charge >= 0.3 is 5.97 Å². The molecule has 1 aliphatic heterocycles. The number of carbonyl (C=O) groups is 3. The van der Waals surface area contributed by atoms with E-state index in [1.54, 1.807) is 18.2 Å². The molecular formula is C30H34N2O5. The second kappa shape index (κ2) is 10.5. The second-order valence-corrected chi connectivity index (χ2v) is 10.7. The van der Waals surface area contributed by atoms with E-state index in [0.29, 0.717) is 23.4 Å². The topological polar surface area (TPSA) is 114 Å². The Morgan fingerprint density at radius 2 is 1.76 bits per heavy atom. The third kappa shape index (κ3) is 5.18. The highest BCUT2D eigenvalue weighted by Gasteiger charge is 2.44. The first-order valence-electron chi connectivity index (χ1n) is 13.2. The molecule has 1 aliphatic carbocycles. The molecule has 2 aromatic carbocycles. The Morgan fingerprint density at radius 1 is 1.03 bits per heavy atom. The van der Waals surface area contributed by atoms with Crippen molar-refractivity contribution in [3.63, 3.8) is 0 Å². The van der Waals surface area contributed by atoms with Crippen LogP contribution in [0.3, 0.4) is 0 Å². The molecule has 3 N–H and O–H groups in total. The van der Waals surface area contributed by atoms with Crippen LogP contribution in [0.5, 0.6) is 0 Å². The first-order chi connectivity index (χ1) is 17.8. The van der Waals surface area contributed by atoms with Gasteiger partial charge in [0.15, 0.2) is 5.78 Å². The van der Waals surface area contributed by atoms with Crippen molar-refractivity contribution >= 4 is 28.6 Å². The molecule has 2 aliphatic rings. The van der Waals surface area contributed by atoms with Crippen molar-refractivity contribution in [2.45, 2.75) is 63.5 Å². The number of hydrogen-bond donors (Lipinski definition) is 2. The van der Waals surface area contributed by atoms with Crippen molar-refractivity contribution in [3.8, 4) is 0 Å². The van der Waals surface area contributed by atoms with Crippen molar-refractivity contribution in [2.75, 3.05) is 6.54 Å². The standard InChI is InChI=1S/C30H34N2O5/c1-18(31)20-8-10-22(11-9-20)29(34)32-14-13-24(21-5-3-2-4-6-21)28(32)25(33)16-19-7-12-26-23(15-19)17-27(37-26)30(35)36/h2-7,12,15,17-18,20,22,24,28H,8-11,13-14,16,31H2,1H3,(H,35,36)/t18?,20?,22?,24-,28+/m1/s1. The van der Waals surface area contributed by atoms with E-state index in [2.05, 4.69) is 0 Å². The van der Waals surface area contributed by atoms with Gasteiger partial charge in [-0.1, -0.05) is 36.4 Å². The zero-order valence-electron chi connectivity index (χ0n) is 21.1. The number of fused-ring (bicyclic) bond motifs is 1. The SMILES string of the molecule is CC(N)C1CCC(C(=O)N2CC[C@H](c3ccccc3)[C@H]2C(=O)Cc2ccc3oc(C(=O)O)cc3c2)CC1. The van der Waals surface area contributed by atoms with E-state index in [9.17, 15) is 19.5 Å². The van der Waals surface area contributed by atoms with Gasteiger partial charge in [0.2, 0.25) is 11.7 Å². The lowest BCUT2D eigenvalue weighted by Crippen LogP contribution is -2.47. The lowest BCUT2D eigenvalue weighted by atomic mass is 9.78. The van der Waals surface area contributed by atoms with Gasteiger partial charge in [0.05, 0.1) is 6.04 Å². The molecule has 7 heteroatoms. The summed E-state index contributed by atoms with van der Waals surface area (Å²) in [5, 5.41) is 9.87. The number of ketones is 1. The highest BCUT2D eigenvalue weighted by Crippen LogP contribution is 2.38. The summed E-state index contributed by atoms with van der Waals surface area (Å²) in [7, 11) is 0. The fourth-order valence-corrected chi connectivity index (χ4v) is 6.23. The molecular weight excluding hydrogens is 468 g/mol. The predicted octanol–water partition coefficient (Wildman–Crippen LogP) is 4.78. The van der Waals surface area contributed by atoms with Crippen LogP contribution in [0.4, 0.5) is 0 Å². The summed E-state index contributed by atoms with van der Waals surface area (Å²) in [5.41, 5.74) is 8.43. The molecule has 2 fully saturated rings. The van der Waals surface area contributed by atoms with Gasteiger partial charge < -0.3 is 20.2 Å². The molecule has 3 aromatic rings. The van der Waals surface area contributed by atoms with Crippen LogP contribution in [-0.4, -0.2) is 46.3 Å². The molecule has 1 saturated carbocycles. The first-order valence-corrected chi connectivity index (χ1v) is 13.2. The molecule has 3 atom stereocenters. The van der Waals surface area contributed by atoms with Crippen molar-refractivity contribution < 1.29 is 23.9 Å². The Labute approximate surface area is 216 Å². The maximum Gasteiger partial charge on any atom is 0.371 e. The molecule has 0 bridgehead atoms. The zero-order valence-corrected chi connectivity index (χ0v) is 21.1. The lowest BCUT2D eigenvalue weighted by molar-refractivity contribution is -0.142. The van der Waals surface area contributed by atoms with Gasteiger partial charge in [0.25, 0.3) is 0 Å². The molecule has 194 valence electrons. The van der Waals surface area contributed by atoms with Crippen LogP contribution < -0.4 is 5.73 Å². The molecule has 5 rings (SSSR count). The number of rotatable bonds is 7. The van der Waals surface area contributed by atoms with E-state index in [4.69, 9.17) is 10.2 Å². The monoisotopic (exact) mass is 502 g/mol. The van der Waals surface area contributed by atoms with E-state index >= 15 is 0 Å². The van der Waals surface area contributed by atoms with Crippen LogP contribution >= 0.6 is 0 Å². The number of Topliss-reactive ketones (excluding diaryl/α,β-unsaturated/α-hetero) is 1. The Balaban J connectivity index is 1.38. The van der Waals surface area contributed by atoms with Crippen LogP contribution in [-0.2, 0) is 16.0 Å². The lowest BCUT2D eigenvalue weighted by Gasteiger charge is -2.34. The van der Waals surface area contributed by atoms with Crippen LogP contribution in [0, 0.1) is 11.8 Å². The highest BCUT2D eigenvalue weighted by molar-refractivity contribution is 5.94. The minimum atomic E-state index is -1.13. The fraction of sp³-hybridized carbons (Fsp3) is 0.433. The molecule has 37 heavy (non-hydrogen) atoms. The minimum Gasteiger partial charge on any atom is -0.475 e. The Kier molecular flexibility index (Phi) is 7.15. The smallest absolute Gasteiger partial charge is 0.371 e. The summed E-state index contributed by atoms with van der Waals surface area (Å²) in [6.07, 6.45) is 4.46. The van der Waals surface area contributed by atoms with Crippen LogP contribution in [0.1, 0.15) is 66.6 Å². The van der Waals surface area contributed by atoms with Gasteiger partial charge in [-0.05, 0) is 74.3 Å². The fourth-order valence-electron chi connectivity index (χ4n) is 6.23. The van der Waals surface area contributed by atoms with Crippen molar-refractivity contribution in [1.82, 2.24) is 4.90 Å². The molecule has 1 aromatic heterocycles. The summed E-state index contributed by atoms with van der Waals surface area (Å²) < 4.78 is 5.36.